The minimum Gasteiger partial charge on any atom is -0.368 e. The van der Waals surface area contributed by atoms with Crippen molar-refractivity contribution in [1.29, 1.82) is 0 Å². The Morgan fingerprint density at radius 2 is 2.25 bits per heavy atom. The number of rotatable bonds is 1. The number of hydrogen-bond acceptors (Lipinski definition) is 5. The van der Waals surface area contributed by atoms with Crippen LogP contribution >= 0.6 is 11.6 Å². The molecule has 2 rings (SSSR count). The predicted molar refractivity (Wildman–Crippen MR) is 56.4 cm³/mol. The number of pyridine rings is 1. The van der Waals surface area contributed by atoms with Gasteiger partial charge < -0.3 is 10.3 Å². The second kappa shape index (κ2) is 3.82. The van der Waals surface area contributed by atoms with Crippen LogP contribution in [0.5, 0.6) is 0 Å². The maximum atomic E-state index is 11.7. The Morgan fingerprint density at radius 1 is 1.50 bits per heavy atom. The highest BCUT2D eigenvalue weighted by atomic mass is 35.5. The Labute approximate surface area is 94.2 Å². The lowest BCUT2D eigenvalue weighted by Gasteiger charge is -1.98. The summed E-state index contributed by atoms with van der Waals surface area (Å²) in [7, 11) is 0. The summed E-state index contributed by atoms with van der Waals surface area (Å²) in [4.78, 5) is 26.7. The third-order valence-electron chi connectivity index (χ3n) is 1.82. The molecule has 0 saturated heterocycles. The summed E-state index contributed by atoms with van der Waals surface area (Å²) in [5.41, 5.74) is 4.80. The van der Waals surface area contributed by atoms with Crippen LogP contribution in [0.15, 0.2) is 33.7 Å². The molecule has 0 aliphatic heterocycles. The van der Waals surface area contributed by atoms with Gasteiger partial charge in [0.05, 0.1) is 11.6 Å². The van der Waals surface area contributed by atoms with Crippen molar-refractivity contribution in [2.45, 2.75) is 0 Å². The molecule has 0 amide bonds. The number of hydrogen-bond donors (Lipinski definition) is 1. The van der Waals surface area contributed by atoms with Crippen LogP contribution in [0.4, 0.5) is 5.88 Å². The van der Waals surface area contributed by atoms with E-state index in [2.05, 4.69) is 4.98 Å². The number of carbonyl (C=O) groups excluding carboxylic acids is 1. The quantitative estimate of drug-likeness (QED) is 0.742. The Morgan fingerprint density at radius 3 is 2.75 bits per heavy atom. The first-order chi connectivity index (χ1) is 7.58. The van der Waals surface area contributed by atoms with Crippen LogP contribution in [0.3, 0.4) is 0 Å². The highest BCUT2D eigenvalue weighted by Gasteiger charge is 2.14. The first-order valence-electron chi connectivity index (χ1n) is 4.23. The van der Waals surface area contributed by atoms with Crippen molar-refractivity contribution in [3.05, 3.63) is 45.5 Å². The molecule has 16 heavy (non-hydrogen) atoms. The largest absolute Gasteiger partial charge is 0.368 e. The minimum absolute atomic E-state index is 0.125. The van der Waals surface area contributed by atoms with E-state index >= 15 is 0 Å². The second-order valence-corrected chi connectivity index (χ2v) is 3.33. The van der Waals surface area contributed by atoms with Crippen molar-refractivity contribution in [3.63, 3.8) is 0 Å². The van der Waals surface area contributed by atoms with E-state index in [4.69, 9.17) is 21.9 Å². The number of anilines is 1. The molecular formula is C9H6ClN3O3. The van der Waals surface area contributed by atoms with Crippen molar-refractivity contribution in [2.24, 2.45) is 0 Å². The minimum atomic E-state index is -0.647. The van der Waals surface area contributed by atoms with E-state index in [1.807, 2.05) is 0 Å². The predicted octanol–water partition coefficient (Wildman–Crippen LogP) is 0.760. The molecule has 0 spiro atoms. The molecule has 0 aromatic carbocycles. The fourth-order valence-corrected chi connectivity index (χ4v) is 1.23. The van der Waals surface area contributed by atoms with Crippen molar-refractivity contribution in [3.8, 4) is 0 Å². The normalized spacial score (nSPS) is 10.3. The molecule has 6 nitrogen and oxygen atoms in total. The lowest BCUT2D eigenvalue weighted by molar-refractivity contribution is 0.0845. The lowest BCUT2D eigenvalue weighted by atomic mass is 10.3. The van der Waals surface area contributed by atoms with Gasteiger partial charge >= 0.3 is 0 Å². The molecule has 0 aliphatic rings. The van der Waals surface area contributed by atoms with E-state index in [0.29, 0.717) is 4.74 Å². The molecule has 7 heteroatoms. The van der Waals surface area contributed by atoms with Crippen LogP contribution in [0.2, 0.25) is 5.15 Å². The van der Waals surface area contributed by atoms with E-state index in [-0.39, 0.29) is 16.6 Å². The number of carbonyl (C=O) groups is 1. The van der Waals surface area contributed by atoms with Crippen LogP contribution < -0.4 is 11.3 Å². The molecule has 0 unspecified atom stereocenters. The van der Waals surface area contributed by atoms with Gasteiger partial charge in [0.25, 0.3) is 11.5 Å². The Hall–Kier alpha value is -2.08. The Kier molecular flexibility index (Phi) is 2.49. The zero-order valence-corrected chi connectivity index (χ0v) is 8.64. The molecule has 0 saturated carbocycles. The zero-order chi connectivity index (χ0) is 11.7. The van der Waals surface area contributed by atoms with Gasteiger partial charge in [0.2, 0.25) is 5.88 Å². The summed E-state index contributed by atoms with van der Waals surface area (Å²) in [6.07, 6.45) is 1.25. The van der Waals surface area contributed by atoms with Crippen LogP contribution in [-0.2, 0) is 0 Å². The van der Waals surface area contributed by atoms with Crippen molar-refractivity contribution < 1.29 is 9.32 Å². The first kappa shape index (κ1) is 10.4. The summed E-state index contributed by atoms with van der Waals surface area (Å²) in [5.74, 6) is -0.772. The van der Waals surface area contributed by atoms with E-state index in [1.165, 1.54) is 18.3 Å². The van der Waals surface area contributed by atoms with E-state index < -0.39 is 11.5 Å². The zero-order valence-electron chi connectivity index (χ0n) is 7.88. The van der Waals surface area contributed by atoms with Gasteiger partial charge in [0.15, 0.2) is 0 Å². The third-order valence-corrected chi connectivity index (χ3v) is 2.04. The third kappa shape index (κ3) is 1.82. The van der Waals surface area contributed by atoms with Crippen LogP contribution in [-0.4, -0.2) is 15.6 Å². The van der Waals surface area contributed by atoms with E-state index in [1.54, 1.807) is 0 Å². The molecule has 82 valence electrons. The molecule has 0 radical (unpaired) electrons. The van der Waals surface area contributed by atoms with Gasteiger partial charge in [0, 0.05) is 6.20 Å². The standard InChI is InChI=1S/C9H6ClN3O3/c10-6-2-1-5(4-12-6)9(15)13-8(14)3-7(11)16-13/h1-4H,11H2. The van der Waals surface area contributed by atoms with E-state index in [9.17, 15) is 9.59 Å². The summed E-state index contributed by atoms with van der Waals surface area (Å²) < 4.78 is 5.29. The fraction of sp³-hybridized carbons (Fsp3) is 0. The van der Waals surface area contributed by atoms with Crippen LogP contribution in [0.1, 0.15) is 10.4 Å². The number of halogens is 1. The maximum Gasteiger partial charge on any atom is 0.296 e. The first-order valence-corrected chi connectivity index (χ1v) is 4.61. The maximum absolute atomic E-state index is 11.7. The summed E-state index contributed by atoms with van der Waals surface area (Å²) in [6.45, 7) is 0. The van der Waals surface area contributed by atoms with Gasteiger partial charge in [-0.15, -0.1) is 0 Å². The summed E-state index contributed by atoms with van der Waals surface area (Å²) in [6, 6.07) is 3.89. The molecule has 0 fully saturated rings. The fourth-order valence-electron chi connectivity index (χ4n) is 1.12. The number of nitrogens with zero attached hydrogens (tertiary/aromatic N) is 2. The number of nitrogen functional groups attached to an aromatic ring is 1. The topological polar surface area (TPSA) is 91.1 Å². The molecule has 2 aromatic rings. The molecule has 2 aromatic heterocycles. The molecular weight excluding hydrogens is 234 g/mol. The highest BCUT2D eigenvalue weighted by molar-refractivity contribution is 6.29. The molecule has 0 atom stereocenters. The van der Waals surface area contributed by atoms with Crippen molar-refractivity contribution in [1.82, 2.24) is 9.72 Å². The molecule has 2 heterocycles. The average molecular weight is 240 g/mol. The summed E-state index contributed by atoms with van der Waals surface area (Å²) >= 11 is 5.56. The smallest absolute Gasteiger partial charge is 0.296 e. The molecule has 2 N–H and O–H groups in total. The van der Waals surface area contributed by atoms with E-state index in [0.717, 1.165) is 6.07 Å². The average Bonchev–Trinajstić information content (AvgIpc) is 2.58. The second-order valence-electron chi connectivity index (χ2n) is 2.95. The molecule has 0 aliphatic carbocycles. The van der Waals surface area contributed by atoms with Gasteiger partial charge in [-0.3, -0.25) is 9.59 Å². The lowest BCUT2D eigenvalue weighted by Crippen LogP contribution is -2.22. The van der Waals surface area contributed by atoms with Gasteiger partial charge in [-0.25, -0.2) is 4.98 Å². The SMILES string of the molecule is Nc1cc(=O)n(C(=O)c2ccc(Cl)nc2)o1. The van der Waals surface area contributed by atoms with Gasteiger partial charge in [-0.2, -0.15) is 0 Å². The van der Waals surface area contributed by atoms with Crippen LogP contribution in [0.25, 0.3) is 0 Å². The molecule has 0 bridgehead atoms. The van der Waals surface area contributed by atoms with Crippen molar-refractivity contribution in [2.75, 3.05) is 5.73 Å². The number of nitrogens with two attached hydrogens (primary N) is 1. The highest BCUT2D eigenvalue weighted by Crippen LogP contribution is 2.07. The van der Waals surface area contributed by atoms with Crippen LogP contribution in [0, 0.1) is 0 Å². The van der Waals surface area contributed by atoms with Gasteiger partial charge in [-0.1, -0.05) is 16.3 Å². The van der Waals surface area contributed by atoms with Gasteiger partial charge in [-0.05, 0) is 12.1 Å². The van der Waals surface area contributed by atoms with Crippen molar-refractivity contribution >= 4 is 23.4 Å². The Bertz CT molecular complexity index is 585. The monoisotopic (exact) mass is 239 g/mol. The number of aromatic nitrogens is 2. The summed E-state index contributed by atoms with van der Waals surface area (Å²) in [5, 5.41) is 0.253. The van der Waals surface area contributed by atoms with Gasteiger partial charge in [0.1, 0.15) is 5.15 Å². The Balaban J connectivity index is 2.43.